The number of rotatable bonds is 4. The smallest absolute Gasteiger partial charge is 0.117 e. The van der Waals surface area contributed by atoms with Gasteiger partial charge in [-0.3, -0.25) is 4.98 Å². The van der Waals surface area contributed by atoms with Crippen molar-refractivity contribution in [1.82, 2.24) is 4.98 Å². The molecule has 3 aromatic rings. The number of aromatic nitrogens is 1. The minimum atomic E-state index is -2.35. The number of hydrogen-bond acceptors (Lipinski definition) is 4. The van der Waals surface area contributed by atoms with E-state index in [2.05, 4.69) is 20.9 Å². The molecule has 124 valence electrons. The number of nitrogens with zero attached hydrogens (tertiary/aromatic N) is 1. The average Bonchev–Trinajstić information content (AvgIpc) is 2.50. The first kappa shape index (κ1) is 16.1. The first-order valence-electron chi connectivity index (χ1n) is 7.37. The second kappa shape index (κ2) is 6.05. The fraction of sp³-hybridized carbons (Fsp3) is 0.111. The quantitative estimate of drug-likeness (QED) is 0.633. The van der Waals surface area contributed by atoms with Gasteiger partial charge in [-0.1, -0.05) is 6.07 Å². The number of benzene rings is 2. The number of anilines is 3. The molecule has 0 amide bonds. The summed E-state index contributed by atoms with van der Waals surface area (Å²) in [6.45, 7) is 1.97. The van der Waals surface area contributed by atoms with Crippen LogP contribution < -0.4 is 10.0 Å². The van der Waals surface area contributed by atoms with Gasteiger partial charge >= 0.3 is 0 Å². The Morgan fingerprint density at radius 3 is 2.67 bits per heavy atom. The van der Waals surface area contributed by atoms with E-state index in [-0.39, 0.29) is 5.75 Å². The molecule has 0 fully saturated rings. The predicted molar refractivity (Wildman–Crippen MR) is 103 cm³/mol. The molecule has 1 aromatic heterocycles. The zero-order chi connectivity index (χ0) is 17.3. The molecule has 1 unspecified atom stereocenters. The van der Waals surface area contributed by atoms with Crippen LogP contribution in [0, 0.1) is 6.92 Å². The molecule has 0 radical (unpaired) electrons. The van der Waals surface area contributed by atoms with Gasteiger partial charge in [-0.2, -0.15) is 0 Å². The number of nitrogens with one attached hydrogen (secondary N) is 2. The Bertz CT molecular complexity index is 1010. The summed E-state index contributed by atoms with van der Waals surface area (Å²) >= 11 is 0. The first-order chi connectivity index (χ1) is 11.3. The van der Waals surface area contributed by atoms with E-state index in [1.807, 2.05) is 37.3 Å². The molecule has 0 aliphatic heterocycles. The highest BCUT2D eigenvalue weighted by Crippen LogP contribution is 2.30. The van der Waals surface area contributed by atoms with E-state index in [4.69, 9.17) is 0 Å². The Hall–Kier alpha value is -2.73. The van der Waals surface area contributed by atoms with Gasteiger partial charge in [-0.25, -0.2) is 4.21 Å². The van der Waals surface area contributed by atoms with Crippen LogP contribution in [0.25, 0.3) is 10.9 Å². The zero-order valence-electron chi connectivity index (χ0n) is 13.5. The van der Waals surface area contributed by atoms with E-state index in [0.29, 0.717) is 5.69 Å². The maximum Gasteiger partial charge on any atom is 0.117 e. The van der Waals surface area contributed by atoms with Gasteiger partial charge in [0.15, 0.2) is 0 Å². The Labute approximate surface area is 141 Å². The monoisotopic (exact) mass is 341 g/mol. The van der Waals surface area contributed by atoms with Crippen LogP contribution in [-0.2, 0) is 9.71 Å². The van der Waals surface area contributed by atoms with Crippen LogP contribution in [0.3, 0.4) is 0 Å². The molecule has 3 rings (SSSR count). The van der Waals surface area contributed by atoms with Crippen molar-refractivity contribution < 1.29 is 9.32 Å². The highest BCUT2D eigenvalue weighted by Gasteiger charge is 2.07. The summed E-state index contributed by atoms with van der Waals surface area (Å²) in [7, 11) is -2.35. The van der Waals surface area contributed by atoms with Crippen LogP contribution in [0.15, 0.2) is 48.7 Å². The largest absolute Gasteiger partial charge is 0.508 e. The maximum atomic E-state index is 11.9. The van der Waals surface area contributed by atoms with Crippen LogP contribution in [0.5, 0.6) is 5.75 Å². The molecule has 0 spiro atoms. The van der Waals surface area contributed by atoms with Crippen LogP contribution in [-0.4, -0.2) is 26.4 Å². The minimum Gasteiger partial charge on any atom is -0.508 e. The zero-order valence-corrected chi connectivity index (χ0v) is 14.4. The lowest BCUT2D eigenvalue weighted by Gasteiger charge is -2.14. The third-order valence-corrected chi connectivity index (χ3v) is 4.23. The Balaban J connectivity index is 2.07. The molecular weight excluding hydrogens is 322 g/mol. The number of pyridine rings is 1. The summed E-state index contributed by atoms with van der Waals surface area (Å²) < 4.78 is 14.8. The molecule has 24 heavy (non-hydrogen) atoms. The van der Waals surface area contributed by atoms with Crippen molar-refractivity contribution in [3.63, 3.8) is 0 Å². The fourth-order valence-corrected chi connectivity index (χ4v) is 3.08. The SMILES string of the molecule is C=S(C)(=O)Nc1ccc2nccc(Nc3cc(O)ccc3C)c2c1. The van der Waals surface area contributed by atoms with Gasteiger partial charge in [0.1, 0.15) is 5.75 Å². The number of fused-ring (bicyclic) bond motifs is 1. The predicted octanol–water partition coefficient (Wildman–Crippen LogP) is 3.67. The van der Waals surface area contributed by atoms with Crippen LogP contribution in [0.1, 0.15) is 5.56 Å². The normalized spacial score (nSPS) is 13.4. The summed E-state index contributed by atoms with van der Waals surface area (Å²) in [6, 6.07) is 12.6. The molecule has 6 heteroatoms. The van der Waals surface area contributed by atoms with Crippen LogP contribution in [0.2, 0.25) is 0 Å². The van der Waals surface area contributed by atoms with Gasteiger partial charge in [0.25, 0.3) is 0 Å². The molecule has 0 saturated heterocycles. The molecule has 1 heterocycles. The molecule has 3 N–H and O–H groups in total. The fourth-order valence-electron chi connectivity index (χ4n) is 2.46. The molecule has 0 saturated carbocycles. The highest BCUT2D eigenvalue weighted by atomic mass is 32.2. The summed E-state index contributed by atoms with van der Waals surface area (Å²) in [4.78, 5) is 4.36. The molecule has 2 aromatic carbocycles. The molecule has 0 aliphatic carbocycles. The van der Waals surface area contributed by atoms with Crippen molar-refractivity contribution in [2.45, 2.75) is 6.92 Å². The minimum absolute atomic E-state index is 0.201. The van der Waals surface area contributed by atoms with Crippen molar-refractivity contribution in [2.24, 2.45) is 0 Å². The average molecular weight is 341 g/mol. The third-order valence-electron chi connectivity index (χ3n) is 3.57. The standard InChI is InChI=1S/C18H19N3O2S/c1-12-4-6-14(22)11-18(12)20-17-8-9-19-16-7-5-13(10-15(16)17)21-24(2,3)23/h4-11,22H,2H2,1,3H3,(H,19,20)(H,21,23). The first-order valence-corrected chi connectivity index (χ1v) is 9.51. The van der Waals surface area contributed by atoms with E-state index in [0.717, 1.165) is 27.8 Å². The van der Waals surface area contributed by atoms with Crippen molar-refractivity contribution in [3.05, 3.63) is 54.2 Å². The van der Waals surface area contributed by atoms with Gasteiger partial charge in [0.05, 0.1) is 5.52 Å². The lowest BCUT2D eigenvalue weighted by molar-refractivity contribution is 0.475. The second-order valence-electron chi connectivity index (χ2n) is 5.82. The van der Waals surface area contributed by atoms with Crippen molar-refractivity contribution >= 4 is 43.5 Å². The second-order valence-corrected chi connectivity index (χ2v) is 8.04. The molecule has 1 atom stereocenters. The Morgan fingerprint density at radius 2 is 1.92 bits per heavy atom. The molecule has 0 bridgehead atoms. The highest BCUT2D eigenvalue weighted by molar-refractivity contribution is 8.00. The molecule has 5 nitrogen and oxygen atoms in total. The number of phenolic OH excluding ortho intramolecular Hbond substituents is 1. The van der Waals surface area contributed by atoms with Crippen LogP contribution in [0.4, 0.5) is 17.1 Å². The number of aryl methyl sites for hydroxylation is 1. The van der Waals surface area contributed by atoms with Gasteiger partial charge < -0.3 is 15.1 Å². The van der Waals surface area contributed by atoms with E-state index in [1.54, 1.807) is 24.6 Å². The van der Waals surface area contributed by atoms with Gasteiger partial charge in [0, 0.05) is 50.7 Å². The topological polar surface area (TPSA) is 74.2 Å². The number of phenols is 1. The van der Waals surface area contributed by atoms with Crippen molar-refractivity contribution in [2.75, 3.05) is 16.3 Å². The summed E-state index contributed by atoms with van der Waals surface area (Å²) in [5.74, 6) is 3.82. The van der Waals surface area contributed by atoms with E-state index in [1.165, 1.54) is 0 Å². The Morgan fingerprint density at radius 1 is 1.12 bits per heavy atom. The van der Waals surface area contributed by atoms with E-state index < -0.39 is 9.71 Å². The summed E-state index contributed by atoms with van der Waals surface area (Å²) in [5, 5.41) is 13.9. The molecular formula is C18H19N3O2S. The van der Waals surface area contributed by atoms with Crippen molar-refractivity contribution in [3.8, 4) is 5.75 Å². The van der Waals surface area contributed by atoms with Gasteiger partial charge in [0.2, 0.25) is 0 Å². The van der Waals surface area contributed by atoms with E-state index >= 15 is 0 Å². The van der Waals surface area contributed by atoms with Gasteiger partial charge in [-0.15, -0.1) is 0 Å². The van der Waals surface area contributed by atoms with E-state index in [9.17, 15) is 9.32 Å². The summed E-state index contributed by atoms with van der Waals surface area (Å²) in [5.41, 5.74) is 4.21. The number of aromatic hydroxyl groups is 1. The van der Waals surface area contributed by atoms with Gasteiger partial charge in [-0.05, 0) is 48.7 Å². The summed E-state index contributed by atoms with van der Waals surface area (Å²) in [6.07, 6.45) is 3.27. The number of hydrogen-bond donors (Lipinski definition) is 3. The lowest BCUT2D eigenvalue weighted by atomic mass is 10.1. The van der Waals surface area contributed by atoms with Crippen molar-refractivity contribution in [1.29, 1.82) is 0 Å². The maximum absolute atomic E-state index is 11.9. The molecule has 0 aliphatic rings. The lowest BCUT2D eigenvalue weighted by Crippen LogP contribution is -2.09. The Kier molecular flexibility index (Phi) is 4.07. The van der Waals surface area contributed by atoms with Crippen LogP contribution >= 0.6 is 0 Å². The third kappa shape index (κ3) is 3.60.